The minimum Gasteiger partial charge on any atom is -0.394 e. The van der Waals surface area contributed by atoms with Gasteiger partial charge in [0.15, 0.2) is 6.29 Å². The Hall–Kier alpha value is -0.240. The fraction of sp³-hybridized carbons (Fsp3) is 1.00. The summed E-state index contributed by atoms with van der Waals surface area (Å²) >= 11 is 0. The Morgan fingerprint density at radius 2 is 1.60 bits per heavy atom. The third-order valence-electron chi connectivity index (χ3n) is 3.65. The largest absolute Gasteiger partial charge is 0.394 e. The average molecular weight is 292 g/mol. The predicted octanol–water partition coefficient (Wildman–Crippen LogP) is 0.163. The van der Waals surface area contributed by atoms with E-state index in [0.717, 1.165) is 19.3 Å². The number of aliphatic hydroxyl groups excluding tert-OH is 4. The van der Waals surface area contributed by atoms with Crippen molar-refractivity contribution in [3.05, 3.63) is 0 Å². The van der Waals surface area contributed by atoms with Crippen LogP contribution in [-0.4, -0.2) is 64.3 Å². The summed E-state index contributed by atoms with van der Waals surface area (Å²) in [5, 5.41) is 38.2. The second-order valence-corrected chi connectivity index (χ2v) is 5.33. The van der Waals surface area contributed by atoms with Crippen LogP contribution in [0.3, 0.4) is 0 Å². The predicted molar refractivity (Wildman–Crippen MR) is 73.1 cm³/mol. The number of aliphatic hydroxyl groups is 4. The Balaban J connectivity index is 2.22. The molecule has 0 saturated carbocycles. The molecular weight excluding hydrogens is 264 g/mol. The molecule has 1 aliphatic rings. The minimum absolute atomic E-state index is 0.408. The van der Waals surface area contributed by atoms with Crippen molar-refractivity contribution in [1.82, 2.24) is 0 Å². The molecule has 0 spiro atoms. The van der Waals surface area contributed by atoms with Gasteiger partial charge >= 0.3 is 0 Å². The summed E-state index contributed by atoms with van der Waals surface area (Å²) in [6, 6.07) is 0. The van der Waals surface area contributed by atoms with Crippen LogP contribution < -0.4 is 0 Å². The molecule has 1 saturated heterocycles. The van der Waals surface area contributed by atoms with Crippen LogP contribution in [-0.2, 0) is 9.47 Å². The van der Waals surface area contributed by atoms with Crippen molar-refractivity contribution in [2.45, 2.75) is 76.2 Å². The van der Waals surface area contributed by atoms with Gasteiger partial charge in [-0.1, -0.05) is 39.0 Å². The molecule has 20 heavy (non-hydrogen) atoms. The van der Waals surface area contributed by atoms with E-state index in [1.165, 1.54) is 19.3 Å². The molecule has 1 heterocycles. The van der Waals surface area contributed by atoms with Crippen molar-refractivity contribution in [1.29, 1.82) is 0 Å². The van der Waals surface area contributed by atoms with Gasteiger partial charge in [-0.05, 0) is 6.42 Å². The Morgan fingerprint density at radius 3 is 2.25 bits per heavy atom. The number of ether oxygens (including phenoxy) is 2. The van der Waals surface area contributed by atoms with Gasteiger partial charge in [0.25, 0.3) is 0 Å². The van der Waals surface area contributed by atoms with E-state index in [2.05, 4.69) is 6.92 Å². The first kappa shape index (κ1) is 17.8. The van der Waals surface area contributed by atoms with Crippen molar-refractivity contribution in [2.24, 2.45) is 0 Å². The molecule has 0 radical (unpaired) electrons. The molecule has 0 aliphatic carbocycles. The van der Waals surface area contributed by atoms with Crippen LogP contribution in [0.1, 0.15) is 45.4 Å². The van der Waals surface area contributed by atoms with Crippen LogP contribution in [0.4, 0.5) is 0 Å². The summed E-state index contributed by atoms with van der Waals surface area (Å²) < 4.78 is 10.4. The van der Waals surface area contributed by atoms with Gasteiger partial charge in [-0.3, -0.25) is 0 Å². The maximum atomic E-state index is 9.86. The van der Waals surface area contributed by atoms with Crippen LogP contribution in [0, 0.1) is 0 Å². The minimum atomic E-state index is -1.33. The molecule has 6 nitrogen and oxygen atoms in total. The van der Waals surface area contributed by atoms with E-state index in [9.17, 15) is 15.3 Å². The number of hydrogen-bond acceptors (Lipinski definition) is 6. The molecular formula is C14H28O6. The van der Waals surface area contributed by atoms with Crippen molar-refractivity contribution < 1.29 is 29.9 Å². The lowest BCUT2D eigenvalue weighted by atomic mass is 9.99. The van der Waals surface area contributed by atoms with E-state index >= 15 is 0 Å². The zero-order valence-electron chi connectivity index (χ0n) is 12.1. The van der Waals surface area contributed by atoms with Crippen molar-refractivity contribution in [3.63, 3.8) is 0 Å². The molecule has 1 fully saturated rings. The maximum absolute atomic E-state index is 9.86. The Morgan fingerprint density at radius 1 is 0.950 bits per heavy atom. The van der Waals surface area contributed by atoms with Gasteiger partial charge in [0.2, 0.25) is 0 Å². The fourth-order valence-electron chi connectivity index (χ4n) is 2.35. The van der Waals surface area contributed by atoms with Crippen molar-refractivity contribution in [2.75, 3.05) is 13.2 Å². The highest BCUT2D eigenvalue weighted by Crippen LogP contribution is 2.22. The van der Waals surface area contributed by atoms with E-state index in [1.807, 2.05) is 0 Å². The first-order valence-electron chi connectivity index (χ1n) is 7.54. The first-order chi connectivity index (χ1) is 9.61. The van der Waals surface area contributed by atoms with Crippen LogP contribution >= 0.6 is 0 Å². The van der Waals surface area contributed by atoms with Crippen LogP contribution in [0.2, 0.25) is 0 Å². The van der Waals surface area contributed by atoms with E-state index in [4.69, 9.17) is 14.6 Å². The van der Waals surface area contributed by atoms with Gasteiger partial charge in [0.05, 0.1) is 6.61 Å². The zero-order valence-corrected chi connectivity index (χ0v) is 12.1. The monoisotopic (exact) mass is 292 g/mol. The average Bonchev–Trinajstić information content (AvgIpc) is 2.45. The summed E-state index contributed by atoms with van der Waals surface area (Å²) in [5.41, 5.74) is 0. The Labute approximate surface area is 120 Å². The number of unbranched alkanes of at least 4 members (excludes halogenated alkanes) is 5. The first-order valence-corrected chi connectivity index (χ1v) is 7.54. The van der Waals surface area contributed by atoms with Gasteiger partial charge in [-0.25, -0.2) is 0 Å². The van der Waals surface area contributed by atoms with Gasteiger partial charge < -0.3 is 29.9 Å². The normalized spacial score (nSPS) is 34.4. The highest BCUT2D eigenvalue weighted by Gasteiger charge is 2.44. The summed E-state index contributed by atoms with van der Waals surface area (Å²) in [5.74, 6) is 0. The molecule has 0 aromatic rings. The Bertz CT molecular complexity index is 250. The SMILES string of the molecule is CCCCCCCCO[C@@H]1[C@@H](O)[C@H](O)[C@@H](CO)O[C@@H]1O. The van der Waals surface area contributed by atoms with E-state index < -0.39 is 37.3 Å². The van der Waals surface area contributed by atoms with Crippen LogP contribution in [0.5, 0.6) is 0 Å². The molecule has 0 unspecified atom stereocenters. The van der Waals surface area contributed by atoms with E-state index in [1.54, 1.807) is 0 Å². The lowest BCUT2D eigenvalue weighted by Crippen LogP contribution is -2.59. The molecule has 0 aromatic carbocycles. The van der Waals surface area contributed by atoms with Gasteiger partial charge in [-0.15, -0.1) is 0 Å². The van der Waals surface area contributed by atoms with Gasteiger partial charge in [-0.2, -0.15) is 0 Å². The Kier molecular flexibility index (Phi) is 8.60. The summed E-state index contributed by atoms with van der Waals surface area (Å²) in [6.07, 6.45) is 0.920. The molecule has 0 aromatic heterocycles. The molecule has 1 rings (SSSR count). The summed E-state index contributed by atoms with van der Waals surface area (Å²) in [7, 11) is 0. The molecule has 6 heteroatoms. The number of hydrogen-bond donors (Lipinski definition) is 4. The lowest BCUT2D eigenvalue weighted by Gasteiger charge is -2.39. The second-order valence-electron chi connectivity index (χ2n) is 5.33. The highest BCUT2D eigenvalue weighted by molar-refractivity contribution is 4.89. The molecule has 4 N–H and O–H groups in total. The van der Waals surface area contributed by atoms with Crippen LogP contribution in [0.25, 0.3) is 0 Å². The summed E-state index contributed by atoms with van der Waals surface area (Å²) in [6.45, 7) is 2.12. The molecule has 1 aliphatic heterocycles. The van der Waals surface area contributed by atoms with Crippen LogP contribution in [0.15, 0.2) is 0 Å². The third kappa shape index (κ3) is 5.27. The topological polar surface area (TPSA) is 99.4 Å². The zero-order chi connectivity index (χ0) is 15.0. The maximum Gasteiger partial charge on any atom is 0.184 e. The molecule has 5 atom stereocenters. The summed E-state index contributed by atoms with van der Waals surface area (Å²) in [4.78, 5) is 0. The second kappa shape index (κ2) is 9.65. The van der Waals surface area contributed by atoms with Crippen molar-refractivity contribution >= 4 is 0 Å². The fourth-order valence-corrected chi connectivity index (χ4v) is 2.35. The molecule has 120 valence electrons. The number of rotatable bonds is 9. The van der Waals surface area contributed by atoms with Gasteiger partial charge in [0.1, 0.15) is 24.4 Å². The van der Waals surface area contributed by atoms with E-state index in [-0.39, 0.29) is 0 Å². The standard InChI is InChI=1S/C14H28O6/c1-2-3-4-5-6-7-8-19-13-12(17)11(16)10(9-15)20-14(13)18/h10-18H,2-9H2,1H3/t10-,11-,12+,13-,14+/m1/s1. The lowest BCUT2D eigenvalue weighted by molar-refractivity contribution is -0.296. The third-order valence-corrected chi connectivity index (χ3v) is 3.65. The smallest absolute Gasteiger partial charge is 0.184 e. The van der Waals surface area contributed by atoms with Gasteiger partial charge in [0, 0.05) is 6.61 Å². The van der Waals surface area contributed by atoms with Crippen molar-refractivity contribution in [3.8, 4) is 0 Å². The molecule has 0 bridgehead atoms. The highest BCUT2D eigenvalue weighted by atomic mass is 16.7. The quantitative estimate of drug-likeness (QED) is 0.452. The van der Waals surface area contributed by atoms with E-state index in [0.29, 0.717) is 6.61 Å². The molecule has 0 amide bonds.